The molecule has 4 nitrogen and oxygen atoms in total. The van der Waals surface area contributed by atoms with E-state index >= 15 is 0 Å². The maximum Gasteiger partial charge on any atom is 0.231 e. The number of carbonyl (C=O) groups is 2. The fourth-order valence-corrected chi connectivity index (χ4v) is 4.91. The number of carbonyl (C=O) groups excluding carboxylic acids is 2. The van der Waals surface area contributed by atoms with Crippen LogP contribution in [0.5, 0.6) is 0 Å². The minimum absolute atomic E-state index is 0.00966. The number of hydrogen-bond acceptors (Lipinski definition) is 2. The highest BCUT2D eigenvalue weighted by molar-refractivity contribution is 6.53. The minimum atomic E-state index is -1.37. The van der Waals surface area contributed by atoms with Gasteiger partial charge in [0.1, 0.15) is 4.33 Å². The van der Waals surface area contributed by atoms with Gasteiger partial charge < -0.3 is 10.6 Å². The summed E-state index contributed by atoms with van der Waals surface area (Å²) in [5.41, 5.74) is 0.567. The number of nitrogens with one attached hydrogen (secondary N) is 2. The third-order valence-electron chi connectivity index (χ3n) is 5.28. The molecule has 2 fully saturated rings. The fraction of sp³-hybridized carbons (Fsp3) is 0.333. The van der Waals surface area contributed by atoms with E-state index in [1.807, 2.05) is 0 Å². The number of alkyl halides is 2. The molecule has 0 saturated heterocycles. The Morgan fingerprint density at radius 3 is 2.23 bits per heavy atom. The number of amides is 2. The van der Waals surface area contributed by atoms with E-state index in [-0.39, 0.29) is 17.3 Å². The number of rotatable bonds is 6. The van der Waals surface area contributed by atoms with Gasteiger partial charge in [0.2, 0.25) is 11.8 Å². The lowest BCUT2D eigenvalue weighted by atomic mass is 10.1. The molecular formula is C21H17Cl4FN2O2. The van der Waals surface area contributed by atoms with Crippen molar-refractivity contribution >= 4 is 69.6 Å². The second kappa shape index (κ2) is 8.19. The zero-order valence-electron chi connectivity index (χ0n) is 15.5. The molecule has 2 aliphatic carbocycles. The maximum atomic E-state index is 14.8. The second-order valence-corrected chi connectivity index (χ2v) is 10.0. The van der Waals surface area contributed by atoms with E-state index in [1.54, 1.807) is 24.3 Å². The van der Waals surface area contributed by atoms with Crippen molar-refractivity contribution in [2.24, 2.45) is 11.8 Å². The van der Waals surface area contributed by atoms with E-state index in [0.29, 0.717) is 27.9 Å². The topological polar surface area (TPSA) is 58.2 Å². The molecule has 2 saturated carbocycles. The molecule has 2 aromatic rings. The minimum Gasteiger partial charge on any atom is -0.324 e. The molecule has 2 aromatic carbocycles. The fourth-order valence-electron chi connectivity index (χ4n) is 3.54. The average Bonchev–Trinajstić information content (AvgIpc) is 3.54. The quantitative estimate of drug-likeness (QED) is 0.461. The molecule has 0 bridgehead atoms. The van der Waals surface area contributed by atoms with Crippen LogP contribution in [-0.2, 0) is 9.59 Å². The molecule has 0 aliphatic heterocycles. The highest BCUT2D eigenvalue weighted by Gasteiger charge is 2.67. The highest BCUT2D eigenvalue weighted by Crippen LogP contribution is 2.65. The molecule has 0 unspecified atom stereocenters. The normalized spacial score (nSPS) is 21.8. The number of benzene rings is 2. The molecule has 9 heteroatoms. The molecule has 0 heterocycles. The van der Waals surface area contributed by atoms with Gasteiger partial charge >= 0.3 is 0 Å². The Bertz CT molecular complexity index is 1010. The van der Waals surface area contributed by atoms with Gasteiger partial charge in [0.05, 0.1) is 17.3 Å². The average molecular weight is 490 g/mol. The van der Waals surface area contributed by atoms with E-state index < -0.39 is 27.9 Å². The van der Waals surface area contributed by atoms with Gasteiger partial charge in [-0.05, 0) is 54.7 Å². The van der Waals surface area contributed by atoms with Gasteiger partial charge in [0.25, 0.3) is 0 Å². The van der Waals surface area contributed by atoms with Crippen LogP contribution in [0.25, 0.3) is 0 Å². The first-order valence-corrected chi connectivity index (χ1v) is 10.9. The summed E-state index contributed by atoms with van der Waals surface area (Å²) < 4.78 is 13.4. The van der Waals surface area contributed by atoms with E-state index in [1.165, 1.54) is 12.1 Å². The predicted molar refractivity (Wildman–Crippen MR) is 118 cm³/mol. The molecule has 0 radical (unpaired) electrons. The van der Waals surface area contributed by atoms with Crippen molar-refractivity contribution in [3.8, 4) is 0 Å². The summed E-state index contributed by atoms with van der Waals surface area (Å²) >= 11 is 24.7. The Balaban J connectivity index is 1.48. The first-order chi connectivity index (χ1) is 14.2. The van der Waals surface area contributed by atoms with Crippen molar-refractivity contribution < 1.29 is 14.0 Å². The first-order valence-electron chi connectivity index (χ1n) is 9.40. The van der Waals surface area contributed by atoms with Crippen LogP contribution in [-0.4, -0.2) is 16.1 Å². The summed E-state index contributed by atoms with van der Waals surface area (Å²) in [4.78, 5) is 24.8. The third-order valence-corrected chi connectivity index (χ3v) is 6.66. The predicted octanol–water partition coefficient (Wildman–Crippen LogP) is 6.40. The Labute approximate surface area is 193 Å². The van der Waals surface area contributed by atoms with Crippen molar-refractivity contribution in [1.29, 1.82) is 0 Å². The van der Waals surface area contributed by atoms with Crippen molar-refractivity contribution in [2.75, 3.05) is 10.6 Å². The van der Waals surface area contributed by atoms with Gasteiger partial charge in [-0.25, -0.2) is 4.39 Å². The Morgan fingerprint density at radius 2 is 1.63 bits per heavy atom. The van der Waals surface area contributed by atoms with Gasteiger partial charge in [0, 0.05) is 22.4 Å². The summed E-state index contributed by atoms with van der Waals surface area (Å²) in [5, 5.41) is 5.87. The lowest BCUT2D eigenvalue weighted by molar-refractivity contribution is -0.117. The number of hydrogen-bond donors (Lipinski definition) is 2. The number of anilines is 2. The molecule has 2 N–H and O–H groups in total. The Morgan fingerprint density at radius 1 is 1.03 bits per heavy atom. The van der Waals surface area contributed by atoms with Crippen LogP contribution in [0.3, 0.4) is 0 Å². The van der Waals surface area contributed by atoms with Crippen LogP contribution in [0.4, 0.5) is 15.8 Å². The highest BCUT2D eigenvalue weighted by atomic mass is 35.5. The summed E-state index contributed by atoms with van der Waals surface area (Å²) in [6.07, 6.45) is 2.40. The van der Waals surface area contributed by atoms with Gasteiger partial charge in [-0.1, -0.05) is 29.3 Å². The van der Waals surface area contributed by atoms with E-state index in [0.717, 1.165) is 12.8 Å². The summed E-state index contributed by atoms with van der Waals surface area (Å²) in [6.45, 7) is 0. The van der Waals surface area contributed by atoms with Gasteiger partial charge in [-0.15, -0.1) is 23.2 Å². The summed E-state index contributed by atoms with van der Waals surface area (Å²) in [5.74, 6) is -2.50. The van der Waals surface area contributed by atoms with Crippen molar-refractivity contribution in [3.05, 3.63) is 57.8 Å². The van der Waals surface area contributed by atoms with Crippen molar-refractivity contribution in [1.82, 2.24) is 0 Å². The first kappa shape index (κ1) is 21.7. The van der Waals surface area contributed by atoms with Gasteiger partial charge in [-0.3, -0.25) is 9.59 Å². The molecule has 2 aliphatic rings. The number of halogens is 5. The van der Waals surface area contributed by atoms with Crippen LogP contribution in [0.15, 0.2) is 36.4 Å². The molecule has 0 aromatic heterocycles. The van der Waals surface area contributed by atoms with E-state index in [9.17, 15) is 14.0 Å². The molecule has 30 heavy (non-hydrogen) atoms. The molecule has 0 spiro atoms. The summed E-state index contributed by atoms with van der Waals surface area (Å²) in [6, 6.07) is 9.23. The third kappa shape index (κ3) is 4.54. The van der Waals surface area contributed by atoms with E-state index in [2.05, 4.69) is 10.6 Å². The second-order valence-electron chi connectivity index (χ2n) is 7.68. The van der Waals surface area contributed by atoms with Crippen LogP contribution in [0, 0.1) is 17.7 Å². The standard InChI is InChI=1S/C21H17Cl4FN2O2/c22-12-7-11(8-13(23)9-12)17-18(21(17,24)25)20(30)28-15-3-1-2-14(19(15)26)27-16(29)6-10-4-5-10/h1-3,7-10,17-18H,4-6H2,(H,27,29)(H,28,30)/t17-,18+/m0/s1. The molecule has 4 rings (SSSR count). The summed E-state index contributed by atoms with van der Waals surface area (Å²) in [7, 11) is 0. The van der Waals surface area contributed by atoms with Gasteiger partial charge in [0.15, 0.2) is 5.82 Å². The lowest BCUT2D eigenvalue weighted by Gasteiger charge is -2.11. The Hall–Kier alpha value is -1.53. The van der Waals surface area contributed by atoms with Gasteiger partial charge in [-0.2, -0.15) is 0 Å². The SMILES string of the molecule is O=C(CC1CC1)Nc1cccc(NC(=O)[C@H]2[C@H](c3cc(Cl)cc(Cl)c3)C2(Cl)Cl)c1F. The molecule has 2 amide bonds. The van der Waals surface area contributed by atoms with Crippen molar-refractivity contribution in [3.63, 3.8) is 0 Å². The molecule has 2 atom stereocenters. The van der Waals surface area contributed by atoms with Crippen LogP contribution in [0.2, 0.25) is 10.0 Å². The lowest BCUT2D eigenvalue weighted by Crippen LogP contribution is -2.19. The van der Waals surface area contributed by atoms with Crippen LogP contribution >= 0.6 is 46.4 Å². The molecular weight excluding hydrogens is 473 g/mol. The zero-order chi connectivity index (χ0) is 21.6. The smallest absolute Gasteiger partial charge is 0.231 e. The monoisotopic (exact) mass is 488 g/mol. The molecule has 158 valence electrons. The van der Waals surface area contributed by atoms with E-state index in [4.69, 9.17) is 46.4 Å². The van der Waals surface area contributed by atoms with Crippen molar-refractivity contribution in [2.45, 2.75) is 29.5 Å². The largest absolute Gasteiger partial charge is 0.324 e. The Kier molecular flexibility index (Phi) is 5.92. The zero-order valence-corrected chi connectivity index (χ0v) is 18.5. The van der Waals surface area contributed by atoms with Crippen LogP contribution in [0.1, 0.15) is 30.7 Å². The maximum absolute atomic E-state index is 14.8. The van der Waals surface area contributed by atoms with Crippen LogP contribution < -0.4 is 10.6 Å².